The van der Waals surface area contributed by atoms with Crippen LogP contribution in [0, 0.1) is 6.92 Å². The highest BCUT2D eigenvalue weighted by atomic mass is 35.5. The van der Waals surface area contributed by atoms with Crippen LogP contribution in [0.15, 0.2) is 42.5 Å². The first-order valence-electron chi connectivity index (χ1n) is 6.89. The molecule has 3 rings (SSSR count). The van der Waals surface area contributed by atoms with Crippen LogP contribution in [0.1, 0.15) is 16.4 Å². The molecule has 24 heavy (non-hydrogen) atoms. The van der Waals surface area contributed by atoms with E-state index in [-0.39, 0.29) is 5.82 Å². The number of hydrogen-bond acceptors (Lipinski definition) is 3. The van der Waals surface area contributed by atoms with Gasteiger partial charge < -0.3 is 5.32 Å². The molecule has 2 aromatic carbocycles. The van der Waals surface area contributed by atoms with Gasteiger partial charge in [0.1, 0.15) is 5.82 Å². The smallest absolute Gasteiger partial charge is 0.295 e. The summed E-state index contributed by atoms with van der Waals surface area (Å²) >= 11 is 17.7. The fourth-order valence-corrected chi connectivity index (χ4v) is 2.78. The summed E-state index contributed by atoms with van der Waals surface area (Å²) in [5.74, 6) is 0.161. The minimum absolute atomic E-state index is 0.0403. The van der Waals surface area contributed by atoms with Gasteiger partial charge in [0.25, 0.3) is 5.91 Å². The molecule has 1 heterocycles. The Morgan fingerprint density at radius 3 is 2.25 bits per heavy atom. The quantitative estimate of drug-likeness (QED) is 0.709. The third-order valence-electron chi connectivity index (χ3n) is 3.16. The summed E-state index contributed by atoms with van der Waals surface area (Å²) in [5.41, 5.74) is 1.23. The van der Waals surface area contributed by atoms with Crippen molar-refractivity contribution in [3.8, 4) is 5.69 Å². The highest BCUT2D eigenvalue weighted by Crippen LogP contribution is 2.23. The largest absolute Gasteiger partial charge is 0.319 e. The monoisotopic (exact) mass is 380 g/mol. The first kappa shape index (κ1) is 16.8. The molecule has 8 heteroatoms. The van der Waals surface area contributed by atoms with Crippen molar-refractivity contribution in [3.63, 3.8) is 0 Å². The van der Waals surface area contributed by atoms with Gasteiger partial charge >= 0.3 is 0 Å². The maximum absolute atomic E-state index is 12.3. The number of anilines is 1. The van der Waals surface area contributed by atoms with E-state index in [2.05, 4.69) is 15.4 Å². The first-order chi connectivity index (χ1) is 11.4. The van der Waals surface area contributed by atoms with Crippen LogP contribution in [0.25, 0.3) is 5.69 Å². The van der Waals surface area contributed by atoms with Gasteiger partial charge in [-0.15, -0.1) is 5.10 Å². The van der Waals surface area contributed by atoms with E-state index >= 15 is 0 Å². The summed E-state index contributed by atoms with van der Waals surface area (Å²) in [5, 5.41) is 8.38. The molecule has 0 saturated heterocycles. The van der Waals surface area contributed by atoms with E-state index in [0.29, 0.717) is 26.6 Å². The number of nitrogens with zero attached hydrogens (tertiary/aromatic N) is 3. The van der Waals surface area contributed by atoms with Crippen LogP contribution in [-0.2, 0) is 0 Å². The molecule has 0 radical (unpaired) electrons. The van der Waals surface area contributed by atoms with Crippen molar-refractivity contribution < 1.29 is 4.79 Å². The Morgan fingerprint density at radius 2 is 1.62 bits per heavy atom. The Kier molecular flexibility index (Phi) is 4.76. The van der Waals surface area contributed by atoms with Crippen molar-refractivity contribution in [2.75, 3.05) is 5.32 Å². The zero-order chi connectivity index (χ0) is 17.3. The van der Waals surface area contributed by atoms with Crippen LogP contribution >= 0.6 is 34.8 Å². The van der Waals surface area contributed by atoms with Gasteiger partial charge in [-0.3, -0.25) is 4.79 Å². The van der Waals surface area contributed by atoms with Crippen molar-refractivity contribution in [1.82, 2.24) is 14.8 Å². The van der Waals surface area contributed by atoms with Crippen LogP contribution in [0.3, 0.4) is 0 Å². The van der Waals surface area contributed by atoms with Crippen LogP contribution in [0.4, 0.5) is 5.69 Å². The molecule has 0 unspecified atom stereocenters. The van der Waals surface area contributed by atoms with Gasteiger partial charge in [-0.05, 0) is 49.4 Å². The summed E-state index contributed by atoms with van der Waals surface area (Å²) in [6, 6.07) is 11.8. The van der Waals surface area contributed by atoms with Crippen molar-refractivity contribution in [1.29, 1.82) is 0 Å². The van der Waals surface area contributed by atoms with Gasteiger partial charge in [0.05, 0.1) is 5.69 Å². The molecule has 0 spiro atoms. The third kappa shape index (κ3) is 3.70. The number of amides is 1. The summed E-state index contributed by atoms with van der Waals surface area (Å²) in [4.78, 5) is 16.5. The molecule has 5 nitrogen and oxygen atoms in total. The van der Waals surface area contributed by atoms with Crippen molar-refractivity contribution >= 4 is 46.4 Å². The van der Waals surface area contributed by atoms with Gasteiger partial charge in [-0.25, -0.2) is 9.67 Å². The number of benzene rings is 2. The predicted octanol–water partition coefficient (Wildman–Crippen LogP) is 4.79. The molecule has 1 aromatic heterocycles. The zero-order valence-corrected chi connectivity index (χ0v) is 14.7. The first-order valence-corrected chi connectivity index (χ1v) is 8.03. The maximum atomic E-state index is 12.3. The molecule has 0 fully saturated rings. The van der Waals surface area contributed by atoms with Gasteiger partial charge in [0.15, 0.2) is 0 Å². The second-order valence-corrected chi connectivity index (χ2v) is 6.29. The lowest BCUT2D eigenvalue weighted by atomic mass is 10.3. The Morgan fingerprint density at radius 1 is 1.00 bits per heavy atom. The number of halogens is 3. The van der Waals surface area contributed by atoms with E-state index in [0.717, 1.165) is 5.69 Å². The molecular formula is C16H11Cl3N4O. The Hall–Kier alpha value is -2.08. The Bertz CT molecular complexity index is 886. The normalized spacial score (nSPS) is 10.7. The van der Waals surface area contributed by atoms with Crippen molar-refractivity contribution in [2.24, 2.45) is 0 Å². The molecule has 0 aliphatic rings. The van der Waals surface area contributed by atoms with E-state index in [1.54, 1.807) is 54.1 Å². The second kappa shape index (κ2) is 6.81. The van der Waals surface area contributed by atoms with Crippen molar-refractivity contribution in [2.45, 2.75) is 6.92 Å². The number of hydrogen-bond donors (Lipinski definition) is 1. The topological polar surface area (TPSA) is 59.8 Å². The van der Waals surface area contributed by atoms with Crippen LogP contribution in [0.2, 0.25) is 15.1 Å². The Labute approximate surface area is 153 Å². The molecule has 0 atom stereocenters. The van der Waals surface area contributed by atoms with Gasteiger partial charge in [0, 0.05) is 20.8 Å². The number of aromatic nitrogens is 3. The minimum Gasteiger partial charge on any atom is -0.319 e. The SMILES string of the molecule is Cc1nc(C(=O)Nc2cc(Cl)cc(Cl)c2)nn1-c1ccc(Cl)cc1. The lowest BCUT2D eigenvalue weighted by Gasteiger charge is -2.04. The maximum Gasteiger partial charge on any atom is 0.295 e. The molecule has 3 aromatic rings. The highest BCUT2D eigenvalue weighted by Gasteiger charge is 2.16. The van der Waals surface area contributed by atoms with Gasteiger partial charge in [0.2, 0.25) is 5.82 Å². The lowest BCUT2D eigenvalue weighted by Crippen LogP contribution is -2.14. The fraction of sp³-hybridized carbons (Fsp3) is 0.0625. The molecule has 0 saturated carbocycles. The minimum atomic E-state index is -0.454. The fourth-order valence-electron chi connectivity index (χ4n) is 2.13. The van der Waals surface area contributed by atoms with Crippen molar-refractivity contribution in [3.05, 3.63) is 69.2 Å². The number of carbonyl (C=O) groups excluding carboxylic acids is 1. The standard InChI is InChI=1S/C16H11Cl3N4O/c1-9-20-15(22-23(9)14-4-2-10(17)3-5-14)16(24)21-13-7-11(18)6-12(19)8-13/h2-8H,1H3,(H,21,24). The summed E-state index contributed by atoms with van der Waals surface area (Å²) < 4.78 is 1.57. The van der Waals surface area contributed by atoms with E-state index in [9.17, 15) is 4.79 Å². The molecule has 122 valence electrons. The van der Waals surface area contributed by atoms with Crippen LogP contribution in [0.5, 0.6) is 0 Å². The second-order valence-electron chi connectivity index (χ2n) is 4.98. The third-order valence-corrected chi connectivity index (χ3v) is 3.85. The molecule has 1 amide bonds. The predicted molar refractivity (Wildman–Crippen MR) is 95.5 cm³/mol. The molecular weight excluding hydrogens is 371 g/mol. The van der Waals surface area contributed by atoms with Crippen LogP contribution < -0.4 is 5.32 Å². The van der Waals surface area contributed by atoms with E-state index in [1.165, 1.54) is 0 Å². The summed E-state index contributed by atoms with van der Waals surface area (Å²) in [6.45, 7) is 1.76. The lowest BCUT2D eigenvalue weighted by molar-refractivity contribution is 0.101. The van der Waals surface area contributed by atoms with Gasteiger partial charge in [-0.1, -0.05) is 34.8 Å². The molecule has 1 N–H and O–H groups in total. The molecule has 0 bridgehead atoms. The average Bonchev–Trinajstić information content (AvgIpc) is 2.89. The van der Waals surface area contributed by atoms with E-state index in [4.69, 9.17) is 34.8 Å². The molecule has 0 aliphatic carbocycles. The number of nitrogens with one attached hydrogen (secondary N) is 1. The molecule has 0 aliphatic heterocycles. The number of aryl methyl sites for hydroxylation is 1. The van der Waals surface area contributed by atoms with E-state index in [1.807, 2.05) is 0 Å². The zero-order valence-electron chi connectivity index (χ0n) is 12.4. The summed E-state index contributed by atoms with van der Waals surface area (Å²) in [6.07, 6.45) is 0. The summed E-state index contributed by atoms with van der Waals surface area (Å²) in [7, 11) is 0. The van der Waals surface area contributed by atoms with E-state index < -0.39 is 5.91 Å². The van der Waals surface area contributed by atoms with Gasteiger partial charge in [-0.2, -0.15) is 0 Å². The van der Waals surface area contributed by atoms with Crippen LogP contribution in [-0.4, -0.2) is 20.7 Å². The number of carbonyl (C=O) groups is 1. The number of rotatable bonds is 3. The Balaban J connectivity index is 1.86. The highest BCUT2D eigenvalue weighted by molar-refractivity contribution is 6.35. The average molecular weight is 382 g/mol.